The lowest BCUT2D eigenvalue weighted by atomic mass is 9.98. The van der Waals surface area contributed by atoms with E-state index in [1.807, 2.05) is 0 Å². The first kappa shape index (κ1) is 27.4. The van der Waals surface area contributed by atoms with Crippen molar-refractivity contribution in [3.63, 3.8) is 0 Å². The Bertz CT molecular complexity index is 343. The van der Waals surface area contributed by atoms with Gasteiger partial charge >= 0.3 is 5.97 Å². The molecule has 1 atom stereocenters. The predicted molar refractivity (Wildman–Crippen MR) is 120 cm³/mol. The van der Waals surface area contributed by atoms with Crippen molar-refractivity contribution < 1.29 is 14.6 Å². The first-order chi connectivity index (χ1) is 13.6. The van der Waals surface area contributed by atoms with Crippen LogP contribution in [0.3, 0.4) is 0 Å². The first-order valence-electron chi connectivity index (χ1n) is 12.5. The van der Waals surface area contributed by atoms with E-state index in [1.54, 1.807) is 6.92 Å². The number of aliphatic hydroxyl groups is 1. The van der Waals surface area contributed by atoms with Crippen LogP contribution in [0.5, 0.6) is 0 Å². The minimum absolute atomic E-state index is 0.281. The Morgan fingerprint density at radius 2 is 0.929 bits per heavy atom. The van der Waals surface area contributed by atoms with Crippen LogP contribution in [0, 0.1) is 0 Å². The van der Waals surface area contributed by atoms with E-state index >= 15 is 0 Å². The number of rotatable bonds is 21. The molecular weight excluding hydrogens is 348 g/mol. The molecule has 0 bridgehead atoms. The summed E-state index contributed by atoms with van der Waals surface area (Å²) < 4.78 is 5.42. The average Bonchev–Trinajstić information content (AvgIpc) is 2.68. The zero-order valence-corrected chi connectivity index (χ0v) is 19.4. The third-order valence-electron chi connectivity index (χ3n) is 5.68. The fraction of sp³-hybridized carbons (Fsp3) is 0.960. The van der Waals surface area contributed by atoms with Gasteiger partial charge in [0.1, 0.15) is 0 Å². The Morgan fingerprint density at radius 1 is 0.607 bits per heavy atom. The summed E-state index contributed by atoms with van der Waals surface area (Å²) in [7, 11) is 0. The molecule has 0 aliphatic carbocycles. The van der Waals surface area contributed by atoms with Crippen LogP contribution in [0.1, 0.15) is 149 Å². The summed E-state index contributed by atoms with van der Waals surface area (Å²) in [5.74, 6) is -1.52. The van der Waals surface area contributed by atoms with Gasteiger partial charge in [-0.3, -0.25) is 4.79 Å². The number of esters is 1. The fourth-order valence-electron chi connectivity index (χ4n) is 3.76. The summed E-state index contributed by atoms with van der Waals surface area (Å²) in [6.45, 7) is 6.27. The molecule has 3 heteroatoms. The molecule has 3 nitrogen and oxygen atoms in total. The van der Waals surface area contributed by atoms with Crippen LogP contribution in [0.2, 0.25) is 0 Å². The summed E-state index contributed by atoms with van der Waals surface area (Å²) in [4.78, 5) is 11.7. The molecule has 0 aromatic rings. The van der Waals surface area contributed by atoms with Crippen molar-refractivity contribution in [2.24, 2.45) is 0 Å². The van der Waals surface area contributed by atoms with Crippen molar-refractivity contribution in [1.82, 2.24) is 0 Å². The molecule has 0 aromatic carbocycles. The summed E-state index contributed by atoms with van der Waals surface area (Å²) in [6.07, 6.45) is 22.7. The average molecular weight is 399 g/mol. The molecule has 0 heterocycles. The highest BCUT2D eigenvalue weighted by Gasteiger charge is 2.29. The standard InChI is InChI=1S/C25H50O3/c1-4-7-9-11-13-14-15-16-17-19-21-23-25(27,28-24(26)6-3)22-20-18-12-10-8-5-2/h27H,4-23H2,1-3H3. The van der Waals surface area contributed by atoms with Gasteiger partial charge in [-0.2, -0.15) is 0 Å². The Morgan fingerprint density at radius 3 is 1.25 bits per heavy atom. The number of hydrogen-bond donors (Lipinski definition) is 1. The van der Waals surface area contributed by atoms with Crippen LogP contribution in [-0.2, 0) is 9.53 Å². The lowest BCUT2D eigenvalue weighted by molar-refractivity contribution is -0.215. The molecule has 28 heavy (non-hydrogen) atoms. The van der Waals surface area contributed by atoms with E-state index in [0.29, 0.717) is 19.3 Å². The van der Waals surface area contributed by atoms with Gasteiger partial charge in [-0.15, -0.1) is 0 Å². The summed E-state index contributed by atoms with van der Waals surface area (Å²) in [5.41, 5.74) is 0. The first-order valence-corrected chi connectivity index (χ1v) is 12.5. The lowest BCUT2D eigenvalue weighted by Crippen LogP contribution is -2.34. The van der Waals surface area contributed by atoms with E-state index in [2.05, 4.69) is 13.8 Å². The van der Waals surface area contributed by atoms with Crippen LogP contribution < -0.4 is 0 Å². The highest BCUT2D eigenvalue weighted by molar-refractivity contribution is 5.69. The summed E-state index contributed by atoms with van der Waals surface area (Å²) in [5, 5.41) is 10.8. The van der Waals surface area contributed by atoms with E-state index in [9.17, 15) is 9.90 Å². The maximum absolute atomic E-state index is 11.7. The molecule has 0 saturated carbocycles. The molecule has 168 valence electrons. The molecule has 0 saturated heterocycles. The van der Waals surface area contributed by atoms with Crippen LogP contribution in [0.4, 0.5) is 0 Å². The second kappa shape index (κ2) is 19.7. The van der Waals surface area contributed by atoms with E-state index in [4.69, 9.17) is 4.74 Å². The largest absolute Gasteiger partial charge is 0.433 e. The van der Waals surface area contributed by atoms with Crippen molar-refractivity contribution in [1.29, 1.82) is 0 Å². The van der Waals surface area contributed by atoms with Gasteiger partial charge in [0.05, 0.1) is 0 Å². The number of ether oxygens (including phenoxy) is 1. The van der Waals surface area contributed by atoms with Gasteiger partial charge in [0, 0.05) is 19.3 Å². The molecule has 1 unspecified atom stereocenters. The highest BCUT2D eigenvalue weighted by atomic mass is 16.7. The molecule has 0 radical (unpaired) electrons. The van der Waals surface area contributed by atoms with Crippen molar-refractivity contribution >= 4 is 5.97 Å². The fourth-order valence-corrected chi connectivity index (χ4v) is 3.76. The molecule has 0 aliphatic heterocycles. The second-order valence-corrected chi connectivity index (χ2v) is 8.58. The monoisotopic (exact) mass is 398 g/mol. The minimum atomic E-state index is -1.24. The van der Waals surface area contributed by atoms with Gasteiger partial charge in [-0.25, -0.2) is 0 Å². The summed E-state index contributed by atoms with van der Waals surface area (Å²) in [6, 6.07) is 0. The number of hydrogen-bond acceptors (Lipinski definition) is 3. The molecule has 0 aliphatic rings. The Kier molecular flexibility index (Phi) is 19.3. The lowest BCUT2D eigenvalue weighted by Gasteiger charge is -2.28. The third-order valence-corrected chi connectivity index (χ3v) is 5.68. The molecule has 0 amide bonds. The quantitative estimate of drug-likeness (QED) is 0.121. The number of unbranched alkanes of at least 4 members (excludes halogenated alkanes) is 15. The molecular formula is C25H50O3. The Balaban J connectivity index is 3.87. The second-order valence-electron chi connectivity index (χ2n) is 8.58. The van der Waals surface area contributed by atoms with Gasteiger partial charge in [0.15, 0.2) is 0 Å². The minimum Gasteiger partial charge on any atom is -0.433 e. The van der Waals surface area contributed by atoms with Gasteiger partial charge in [0.2, 0.25) is 5.79 Å². The van der Waals surface area contributed by atoms with Crippen molar-refractivity contribution in [2.75, 3.05) is 0 Å². The van der Waals surface area contributed by atoms with Crippen LogP contribution in [0.15, 0.2) is 0 Å². The van der Waals surface area contributed by atoms with E-state index < -0.39 is 5.79 Å². The molecule has 0 spiro atoms. The maximum atomic E-state index is 11.7. The zero-order chi connectivity index (χ0) is 20.9. The zero-order valence-electron chi connectivity index (χ0n) is 19.4. The number of carbonyl (C=O) groups is 1. The molecule has 0 fully saturated rings. The SMILES string of the molecule is CCCCCCCCCCCCCC(O)(CCCCCCCC)OC(=O)CC. The third kappa shape index (κ3) is 17.5. The van der Waals surface area contributed by atoms with Crippen LogP contribution in [0.25, 0.3) is 0 Å². The smallest absolute Gasteiger partial charge is 0.308 e. The van der Waals surface area contributed by atoms with E-state index in [-0.39, 0.29) is 5.97 Å². The van der Waals surface area contributed by atoms with Gasteiger partial charge in [-0.05, 0) is 12.8 Å². The van der Waals surface area contributed by atoms with Crippen molar-refractivity contribution in [3.05, 3.63) is 0 Å². The normalized spacial score (nSPS) is 13.4. The van der Waals surface area contributed by atoms with Gasteiger partial charge in [-0.1, -0.05) is 117 Å². The van der Waals surface area contributed by atoms with Crippen LogP contribution in [-0.4, -0.2) is 16.9 Å². The summed E-state index contributed by atoms with van der Waals surface area (Å²) >= 11 is 0. The van der Waals surface area contributed by atoms with Crippen molar-refractivity contribution in [3.8, 4) is 0 Å². The Hall–Kier alpha value is -0.570. The number of carbonyl (C=O) groups excluding carboxylic acids is 1. The Labute approximate surface area is 176 Å². The topological polar surface area (TPSA) is 46.5 Å². The maximum Gasteiger partial charge on any atom is 0.308 e. The van der Waals surface area contributed by atoms with E-state index in [1.165, 1.54) is 83.5 Å². The van der Waals surface area contributed by atoms with Crippen LogP contribution >= 0.6 is 0 Å². The van der Waals surface area contributed by atoms with Gasteiger partial charge in [0.25, 0.3) is 0 Å². The van der Waals surface area contributed by atoms with Gasteiger partial charge < -0.3 is 9.84 Å². The molecule has 0 rings (SSSR count). The molecule has 1 N–H and O–H groups in total. The molecule has 0 aromatic heterocycles. The predicted octanol–water partition coefficient (Wildman–Crippen LogP) is 8.08. The highest BCUT2D eigenvalue weighted by Crippen LogP contribution is 2.25. The van der Waals surface area contributed by atoms with E-state index in [0.717, 1.165) is 25.7 Å². The van der Waals surface area contributed by atoms with Crippen molar-refractivity contribution in [2.45, 2.75) is 155 Å².